The van der Waals surface area contributed by atoms with E-state index in [9.17, 15) is 9.59 Å². The summed E-state index contributed by atoms with van der Waals surface area (Å²) < 4.78 is 0. The summed E-state index contributed by atoms with van der Waals surface area (Å²) in [5, 5.41) is 14.7. The molecule has 0 spiro atoms. The summed E-state index contributed by atoms with van der Waals surface area (Å²) in [7, 11) is 0. The van der Waals surface area contributed by atoms with Gasteiger partial charge in [0.15, 0.2) is 0 Å². The standard InChI is InChI=1S/C24H33N3O3.C2H6/c1-4-7-22(18-26-19(3)5-2)8-6-9-23(28)25-17-16-21-12-10-20(11-13-21)14-15-24(29)27-30;1-2/h4-5,7,10-15,18,26,30H,6,8-9,16-17H2,1-3H3,(H,25,28)(H,27,29);1-2H3/b7-4+,15-14+,19-5+,22-18+;. The summed E-state index contributed by atoms with van der Waals surface area (Å²) in [5.74, 6) is -0.513. The molecule has 0 unspecified atom stereocenters. The number of hydroxylamine groups is 1. The minimum absolute atomic E-state index is 0.0574. The topological polar surface area (TPSA) is 90.5 Å². The second-order valence-corrected chi connectivity index (χ2v) is 6.84. The number of allylic oxidation sites excluding steroid dienone is 5. The van der Waals surface area contributed by atoms with Crippen LogP contribution in [0.2, 0.25) is 0 Å². The Labute approximate surface area is 193 Å². The van der Waals surface area contributed by atoms with E-state index in [4.69, 9.17) is 5.21 Å². The number of carbonyl (C=O) groups is 2. The van der Waals surface area contributed by atoms with Gasteiger partial charge in [-0.15, -0.1) is 0 Å². The van der Waals surface area contributed by atoms with Crippen molar-refractivity contribution in [2.75, 3.05) is 6.54 Å². The molecule has 0 aromatic heterocycles. The molecule has 1 rings (SSSR count). The SMILES string of the molecule is C/C=C/C(=C\N/C(C)=C/C)CCCC(=O)NCCc1ccc(/C=C/C(=O)NO)cc1.CC. The van der Waals surface area contributed by atoms with Crippen LogP contribution >= 0.6 is 0 Å². The van der Waals surface area contributed by atoms with Gasteiger partial charge in [0.1, 0.15) is 0 Å². The van der Waals surface area contributed by atoms with Crippen molar-refractivity contribution < 1.29 is 14.8 Å². The molecule has 0 atom stereocenters. The molecule has 2 amide bonds. The summed E-state index contributed by atoms with van der Waals surface area (Å²) in [6.45, 7) is 10.6. The van der Waals surface area contributed by atoms with Crippen molar-refractivity contribution >= 4 is 17.9 Å². The molecule has 32 heavy (non-hydrogen) atoms. The quantitative estimate of drug-likeness (QED) is 0.158. The summed E-state index contributed by atoms with van der Waals surface area (Å²) in [6.07, 6.45) is 13.8. The van der Waals surface area contributed by atoms with Gasteiger partial charge in [-0.25, -0.2) is 5.48 Å². The second kappa shape index (κ2) is 18.6. The Morgan fingerprint density at radius 1 is 1.03 bits per heavy atom. The average Bonchev–Trinajstić information content (AvgIpc) is 2.82. The van der Waals surface area contributed by atoms with E-state index in [-0.39, 0.29) is 5.91 Å². The lowest BCUT2D eigenvalue weighted by Gasteiger charge is -2.07. The Bertz CT molecular complexity index is 791. The van der Waals surface area contributed by atoms with E-state index in [0.717, 1.165) is 41.7 Å². The maximum absolute atomic E-state index is 12.1. The second-order valence-electron chi connectivity index (χ2n) is 6.84. The van der Waals surface area contributed by atoms with E-state index in [1.807, 2.05) is 77.2 Å². The van der Waals surface area contributed by atoms with E-state index < -0.39 is 5.91 Å². The van der Waals surface area contributed by atoms with Gasteiger partial charge in [-0.3, -0.25) is 14.8 Å². The molecule has 0 bridgehead atoms. The molecule has 0 aliphatic heterocycles. The van der Waals surface area contributed by atoms with Crippen molar-refractivity contribution in [1.82, 2.24) is 16.1 Å². The highest BCUT2D eigenvalue weighted by Gasteiger charge is 2.02. The Balaban J connectivity index is 0.00000466. The minimum atomic E-state index is -0.570. The van der Waals surface area contributed by atoms with Gasteiger partial charge in [-0.2, -0.15) is 0 Å². The third-order valence-electron chi connectivity index (χ3n) is 4.42. The molecule has 176 valence electrons. The maximum atomic E-state index is 12.1. The molecular weight excluding hydrogens is 402 g/mol. The summed E-state index contributed by atoms with van der Waals surface area (Å²) in [5.41, 5.74) is 5.76. The molecule has 0 aliphatic carbocycles. The number of rotatable bonds is 12. The van der Waals surface area contributed by atoms with Crippen LogP contribution in [0.3, 0.4) is 0 Å². The summed E-state index contributed by atoms with van der Waals surface area (Å²) in [6, 6.07) is 7.68. The van der Waals surface area contributed by atoms with Gasteiger partial charge in [0.2, 0.25) is 5.91 Å². The van der Waals surface area contributed by atoms with Crippen LogP contribution in [0, 0.1) is 0 Å². The fourth-order valence-electron chi connectivity index (χ4n) is 2.60. The minimum Gasteiger partial charge on any atom is -0.365 e. The number of nitrogens with one attached hydrogen (secondary N) is 3. The van der Waals surface area contributed by atoms with Crippen LogP contribution in [0.1, 0.15) is 65.0 Å². The van der Waals surface area contributed by atoms with Gasteiger partial charge in [-0.1, -0.05) is 56.3 Å². The van der Waals surface area contributed by atoms with Crippen LogP contribution in [-0.2, 0) is 16.0 Å². The monoisotopic (exact) mass is 441 g/mol. The Morgan fingerprint density at radius 3 is 2.31 bits per heavy atom. The van der Waals surface area contributed by atoms with Crippen LogP contribution in [0.25, 0.3) is 6.08 Å². The molecule has 0 aliphatic rings. The molecule has 1 aromatic rings. The third-order valence-corrected chi connectivity index (χ3v) is 4.42. The normalized spacial score (nSPS) is 11.8. The zero-order valence-corrected chi connectivity index (χ0v) is 20.1. The Hall–Kier alpha value is -3.12. The predicted molar refractivity (Wildman–Crippen MR) is 133 cm³/mol. The van der Waals surface area contributed by atoms with Gasteiger partial charge in [-0.05, 0) is 62.8 Å². The Kier molecular flexibility index (Phi) is 16.8. The first-order valence-corrected chi connectivity index (χ1v) is 11.2. The fourth-order valence-corrected chi connectivity index (χ4v) is 2.60. The van der Waals surface area contributed by atoms with Crippen LogP contribution in [0.5, 0.6) is 0 Å². The third kappa shape index (κ3) is 14.0. The predicted octanol–water partition coefficient (Wildman–Crippen LogP) is 5.03. The molecule has 0 heterocycles. The fraction of sp³-hybridized carbons (Fsp3) is 0.385. The first kappa shape index (κ1) is 28.9. The van der Waals surface area contributed by atoms with Crippen molar-refractivity contribution in [1.29, 1.82) is 0 Å². The van der Waals surface area contributed by atoms with Crippen molar-refractivity contribution in [2.45, 2.75) is 60.3 Å². The lowest BCUT2D eigenvalue weighted by Crippen LogP contribution is -2.25. The largest absolute Gasteiger partial charge is 0.365 e. The molecule has 6 nitrogen and oxygen atoms in total. The summed E-state index contributed by atoms with van der Waals surface area (Å²) in [4.78, 5) is 23.1. The highest BCUT2D eigenvalue weighted by molar-refractivity contribution is 5.90. The number of benzene rings is 1. The van der Waals surface area contributed by atoms with Crippen molar-refractivity contribution in [2.24, 2.45) is 0 Å². The number of amides is 2. The highest BCUT2D eigenvalue weighted by atomic mass is 16.5. The van der Waals surface area contributed by atoms with E-state index in [0.29, 0.717) is 13.0 Å². The molecule has 0 saturated carbocycles. The average molecular weight is 442 g/mol. The lowest BCUT2D eigenvalue weighted by molar-refractivity contribution is -0.124. The first-order chi connectivity index (χ1) is 15.5. The van der Waals surface area contributed by atoms with Gasteiger partial charge in [0.25, 0.3) is 5.91 Å². The van der Waals surface area contributed by atoms with Crippen molar-refractivity contribution in [3.63, 3.8) is 0 Å². The number of hydrogen-bond acceptors (Lipinski definition) is 4. The van der Waals surface area contributed by atoms with E-state index in [1.165, 1.54) is 6.08 Å². The van der Waals surface area contributed by atoms with Crippen LogP contribution in [-0.4, -0.2) is 23.6 Å². The zero-order chi connectivity index (χ0) is 24.2. The summed E-state index contributed by atoms with van der Waals surface area (Å²) >= 11 is 0. The van der Waals surface area contributed by atoms with Crippen LogP contribution in [0.4, 0.5) is 0 Å². The van der Waals surface area contributed by atoms with E-state index in [2.05, 4.69) is 16.7 Å². The van der Waals surface area contributed by atoms with Gasteiger partial charge in [0.05, 0.1) is 0 Å². The lowest BCUT2D eigenvalue weighted by atomic mass is 10.1. The zero-order valence-electron chi connectivity index (χ0n) is 20.1. The molecule has 1 aromatic carbocycles. The molecule has 6 heteroatoms. The van der Waals surface area contributed by atoms with Gasteiger partial charge in [0, 0.05) is 30.9 Å². The molecular formula is C26H39N3O3. The number of carbonyl (C=O) groups excluding carboxylic acids is 2. The first-order valence-electron chi connectivity index (χ1n) is 11.2. The maximum Gasteiger partial charge on any atom is 0.267 e. The van der Waals surface area contributed by atoms with Crippen molar-refractivity contribution in [3.8, 4) is 0 Å². The Morgan fingerprint density at radius 2 is 1.72 bits per heavy atom. The smallest absolute Gasteiger partial charge is 0.267 e. The van der Waals surface area contributed by atoms with Crippen LogP contribution in [0.15, 0.2) is 66.0 Å². The molecule has 0 radical (unpaired) electrons. The van der Waals surface area contributed by atoms with Gasteiger partial charge >= 0.3 is 0 Å². The van der Waals surface area contributed by atoms with Gasteiger partial charge < -0.3 is 10.6 Å². The van der Waals surface area contributed by atoms with E-state index >= 15 is 0 Å². The molecule has 0 saturated heterocycles. The van der Waals surface area contributed by atoms with E-state index in [1.54, 1.807) is 11.6 Å². The van der Waals surface area contributed by atoms with Crippen molar-refractivity contribution in [3.05, 3.63) is 77.2 Å². The van der Waals surface area contributed by atoms with Crippen LogP contribution < -0.4 is 16.1 Å². The highest BCUT2D eigenvalue weighted by Crippen LogP contribution is 2.09. The molecule has 4 N–H and O–H groups in total. The number of hydrogen-bond donors (Lipinski definition) is 4. The molecule has 0 fully saturated rings.